The van der Waals surface area contributed by atoms with Crippen LogP contribution in [-0.2, 0) is 11.2 Å². The second-order valence-electron chi connectivity index (χ2n) is 4.49. The fraction of sp³-hybridized carbons (Fsp3) is 0.462. The van der Waals surface area contributed by atoms with Gasteiger partial charge in [-0.1, -0.05) is 24.3 Å². The number of primary amides is 1. The van der Waals surface area contributed by atoms with Gasteiger partial charge in [0.05, 0.1) is 6.10 Å². The maximum atomic E-state index is 10.6. The molecule has 0 bridgehead atoms. The Labute approximate surface area is 102 Å². The molecule has 0 aliphatic rings. The minimum atomic E-state index is -0.477. The zero-order valence-electron chi connectivity index (χ0n) is 10.4. The second kappa shape index (κ2) is 6.37. The molecule has 0 radical (unpaired) electrons. The van der Waals surface area contributed by atoms with Gasteiger partial charge in [0.25, 0.3) is 0 Å². The summed E-state index contributed by atoms with van der Waals surface area (Å²) in [7, 11) is 3.84. The van der Waals surface area contributed by atoms with E-state index in [-0.39, 0.29) is 5.91 Å². The third kappa shape index (κ3) is 4.97. The molecule has 0 aromatic heterocycles. The monoisotopic (exact) mass is 236 g/mol. The first-order valence-corrected chi connectivity index (χ1v) is 5.69. The SMILES string of the molecule is CN(C)CC(O)c1ccc(CCC(N)=O)cc1. The molecule has 4 nitrogen and oxygen atoms in total. The first kappa shape index (κ1) is 13.7. The van der Waals surface area contributed by atoms with Gasteiger partial charge in [-0.2, -0.15) is 0 Å². The molecule has 0 spiro atoms. The number of carbonyl (C=O) groups excluding carboxylic acids is 1. The summed E-state index contributed by atoms with van der Waals surface area (Å²) < 4.78 is 0. The van der Waals surface area contributed by atoms with Crippen LogP contribution in [0.5, 0.6) is 0 Å². The van der Waals surface area contributed by atoms with E-state index in [2.05, 4.69) is 0 Å². The van der Waals surface area contributed by atoms with Gasteiger partial charge in [-0.15, -0.1) is 0 Å². The highest BCUT2D eigenvalue weighted by atomic mass is 16.3. The van der Waals surface area contributed by atoms with Gasteiger partial charge in [-0.3, -0.25) is 4.79 Å². The lowest BCUT2D eigenvalue weighted by molar-refractivity contribution is -0.117. The van der Waals surface area contributed by atoms with Gasteiger partial charge in [0.2, 0.25) is 5.91 Å². The Hall–Kier alpha value is -1.39. The molecule has 1 atom stereocenters. The molecule has 0 saturated carbocycles. The quantitative estimate of drug-likeness (QED) is 0.764. The highest BCUT2D eigenvalue weighted by Crippen LogP contribution is 2.15. The van der Waals surface area contributed by atoms with Gasteiger partial charge in [-0.25, -0.2) is 0 Å². The number of rotatable bonds is 6. The first-order valence-electron chi connectivity index (χ1n) is 5.69. The van der Waals surface area contributed by atoms with Crippen LogP contribution in [0.4, 0.5) is 0 Å². The Kier molecular flexibility index (Phi) is 5.12. The molecule has 1 aromatic rings. The standard InChI is InChI=1S/C13H20N2O2/c1-15(2)9-12(16)11-6-3-10(4-7-11)5-8-13(14)17/h3-4,6-7,12,16H,5,8-9H2,1-2H3,(H2,14,17). The molecule has 1 amide bonds. The van der Waals surface area contributed by atoms with Crippen LogP contribution in [0.25, 0.3) is 0 Å². The smallest absolute Gasteiger partial charge is 0.217 e. The van der Waals surface area contributed by atoms with Crippen LogP contribution < -0.4 is 5.73 Å². The van der Waals surface area contributed by atoms with Crippen LogP contribution in [-0.4, -0.2) is 36.6 Å². The number of aryl methyl sites for hydroxylation is 1. The largest absolute Gasteiger partial charge is 0.387 e. The lowest BCUT2D eigenvalue weighted by atomic mass is 10.0. The highest BCUT2D eigenvalue weighted by Gasteiger charge is 2.08. The van der Waals surface area contributed by atoms with E-state index in [1.165, 1.54) is 0 Å². The van der Waals surface area contributed by atoms with Gasteiger partial charge in [0.1, 0.15) is 0 Å². The van der Waals surface area contributed by atoms with Gasteiger partial charge in [0.15, 0.2) is 0 Å². The van der Waals surface area contributed by atoms with E-state index in [1.807, 2.05) is 43.3 Å². The van der Waals surface area contributed by atoms with Crippen LogP contribution in [0.15, 0.2) is 24.3 Å². The van der Waals surface area contributed by atoms with E-state index in [4.69, 9.17) is 5.73 Å². The third-order valence-electron chi connectivity index (χ3n) is 2.56. The van der Waals surface area contributed by atoms with Crippen LogP contribution in [0.2, 0.25) is 0 Å². The summed E-state index contributed by atoms with van der Waals surface area (Å²) in [4.78, 5) is 12.6. The minimum Gasteiger partial charge on any atom is -0.387 e. The minimum absolute atomic E-state index is 0.290. The number of hydrogen-bond acceptors (Lipinski definition) is 3. The van der Waals surface area contributed by atoms with Crippen molar-refractivity contribution in [3.63, 3.8) is 0 Å². The average molecular weight is 236 g/mol. The van der Waals surface area contributed by atoms with Crippen molar-refractivity contribution < 1.29 is 9.90 Å². The molecular formula is C13H20N2O2. The predicted molar refractivity (Wildman–Crippen MR) is 67.5 cm³/mol. The van der Waals surface area contributed by atoms with Crippen LogP contribution in [0.1, 0.15) is 23.7 Å². The molecule has 0 saturated heterocycles. The second-order valence-corrected chi connectivity index (χ2v) is 4.49. The molecule has 0 heterocycles. The summed E-state index contributed by atoms with van der Waals surface area (Å²) in [5.41, 5.74) is 7.04. The molecular weight excluding hydrogens is 216 g/mol. The van der Waals surface area contributed by atoms with Gasteiger partial charge >= 0.3 is 0 Å². The number of aliphatic hydroxyl groups is 1. The number of aliphatic hydroxyl groups excluding tert-OH is 1. The van der Waals surface area contributed by atoms with E-state index >= 15 is 0 Å². The highest BCUT2D eigenvalue weighted by molar-refractivity contribution is 5.73. The molecule has 17 heavy (non-hydrogen) atoms. The Morgan fingerprint density at radius 3 is 2.41 bits per heavy atom. The lowest BCUT2D eigenvalue weighted by Gasteiger charge is -2.16. The Balaban J connectivity index is 2.58. The Morgan fingerprint density at radius 1 is 1.35 bits per heavy atom. The molecule has 3 N–H and O–H groups in total. The Bertz CT molecular complexity index is 360. The molecule has 1 unspecified atom stereocenters. The van der Waals surface area contributed by atoms with Crippen LogP contribution in [0.3, 0.4) is 0 Å². The zero-order valence-corrected chi connectivity index (χ0v) is 10.4. The predicted octanol–water partition coefficient (Wildman–Crippen LogP) is 0.699. The topological polar surface area (TPSA) is 66.6 Å². The van der Waals surface area contributed by atoms with Crippen molar-refractivity contribution >= 4 is 5.91 Å². The van der Waals surface area contributed by atoms with E-state index in [0.717, 1.165) is 11.1 Å². The molecule has 94 valence electrons. The summed E-state index contributed by atoms with van der Waals surface area (Å²) in [6.07, 6.45) is 0.536. The fourth-order valence-corrected chi connectivity index (χ4v) is 1.63. The number of benzene rings is 1. The molecule has 0 fully saturated rings. The number of nitrogens with zero attached hydrogens (tertiary/aromatic N) is 1. The van der Waals surface area contributed by atoms with E-state index in [1.54, 1.807) is 0 Å². The maximum absolute atomic E-state index is 10.6. The normalized spacial score (nSPS) is 12.7. The third-order valence-corrected chi connectivity index (χ3v) is 2.56. The van der Waals surface area contributed by atoms with Crippen molar-refractivity contribution in [2.45, 2.75) is 18.9 Å². The number of hydrogen-bond donors (Lipinski definition) is 2. The van der Waals surface area contributed by atoms with Crippen LogP contribution in [0, 0.1) is 0 Å². The van der Waals surface area contributed by atoms with E-state index in [9.17, 15) is 9.90 Å². The molecule has 4 heteroatoms. The summed E-state index contributed by atoms with van der Waals surface area (Å²) in [6, 6.07) is 7.64. The van der Waals surface area contributed by atoms with E-state index in [0.29, 0.717) is 19.4 Å². The summed E-state index contributed by atoms with van der Waals surface area (Å²) in [6.45, 7) is 0.598. The van der Waals surface area contributed by atoms with Crippen molar-refractivity contribution in [3.8, 4) is 0 Å². The Morgan fingerprint density at radius 2 is 1.94 bits per heavy atom. The van der Waals surface area contributed by atoms with Crippen molar-refractivity contribution in [2.24, 2.45) is 5.73 Å². The summed E-state index contributed by atoms with van der Waals surface area (Å²) in [5, 5.41) is 9.88. The van der Waals surface area contributed by atoms with Crippen molar-refractivity contribution in [2.75, 3.05) is 20.6 Å². The number of likely N-dealkylation sites (N-methyl/N-ethyl adjacent to an activating group) is 1. The summed E-state index contributed by atoms with van der Waals surface area (Å²) in [5.74, 6) is -0.290. The maximum Gasteiger partial charge on any atom is 0.217 e. The van der Waals surface area contributed by atoms with Crippen molar-refractivity contribution in [1.82, 2.24) is 4.90 Å². The molecule has 1 rings (SSSR count). The fourth-order valence-electron chi connectivity index (χ4n) is 1.63. The first-order chi connectivity index (χ1) is 7.99. The van der Waals surface area contributed by atoms with Gasteiger partial charge in [-0.05, 0) is 31.6 Å². The van der Waals surface area contributed by atoms with E-state index < -0.39 is 6.10 Å². The lowest BCUT2D eigenvalue weighted by Crippen LogP contribution is -2.20. The zero-order chi connectivity index (χ0) is 12.8. The number of carbonyl (C=O) groups is 1. The van der Waals surface area contributed by atoms with Gasteiger partial charge < -0.3 is 15.7 Å². The summed E-state index contributed by atoms with van der Waals surface area (Å²) >= 11 is 0. The van der Waals surface area contributed by atoms with Crippen LogP contribution >= 0.6 is 0 Å². The average Bonchev–Trinajstić information content (AvgIpc) is 2.26. The molecule has 1 aromatic carbocycles. The number of amides is 1. The molecule has 0 aliphatic heterocycles. The molecule has 0 aliphatic carbocycles. The van der Waals surface area contributed by atoms with Gasteiger partial charge in [0, 0.05) is 13.0 Å². The van der Waals surface area contributed by atoms with Crippen molar-refractivity contribution in [1.29, 1.82) is 0 Å². The number of nitrogens with two attached hydrogens (primary N) is 1. The van der Waals surface area contributed by atoms with Crippen molar-refractivity contribution in [3.05, 3.63) is 35.4 Å².